The van der Waals surface area contributed by atoms with Gasteiger partial charge < -0.3 is 76.8 Å². The zero-order valence-corrected chi connectivity index (χ0v) is 42.8. The summed E-state index contributed by atoms with van der Waals surface area (Å²) in [6.45, 7) is 9.12. The van der Waals surface area contributed by atoms with E-state index in [2.05, 4.69) is 41.2 Å². The molecule has 0 bridgehead atoms. The largest absolute Gasteiger partial charge is 0.445 e. The van der Waals surface area contributed by atoms with Gasteiger partial charge in [0, 0.05) is 51.1 Å². The van der Waals surface area contributed by atoms with E-state index in [1.807, 2.05) is 12.1 Å². The molecular weight excluding hydrogens is 975 g/mol. The van der Waals surface area contributed by atoms with E-state index in [-0.39, 0.29) is 69.7 Å². The van der Waals surface area contributed by atoms with Crippen LogP contribution in [0, 0.1) is 12.8 Å². The maximum Gasteiger partial charge on any atom is 0.410 e. The maximum absolute atomic E-state index is 13.6. The lowest BCUT2D eigenvalue weighted by molar-refractivity contribution is -0.132. The van der Waals surface area contributed by atoms with Crippen molar-refractivity contribution in [2.24, 2.45) is 17.4 Å². The number of carbonyl (C=O) groups is 5. The monoisotopic (exact) mass is 1040 g/mol. The Balaban J connectivity index is 1.03. The summed E-state index contributed by atoms with van der Waals surface area (Å²) < 4.78 is 34.5. The standard InChI is InChI=1S/C50H69N13O12/c1-32(2)42(60-40(64)17-20-70-22-24-72-26-27-73-25-23-71-21-18-51)47(66)59-39(6-5-19-54-48(53)67)46(65)58-37-12-7-35(8-13-37)31-74-50(69)62(4)29-34-9-14-38(15-10-34)75-41-16-11-36(28-55-41)30-63-45-43(61-49(63)68)44(52)56-33(3)57-45/h7-16,28,32,39,42H,5-6,17-27,29-31,51H2,1-4H3,(H,58,65)(H,59,66)(H,60,64)(H,61,68)(H2,52,56,57)(H3,53,54,67)/t39-,42-/m0/s1. The molecule has 2 aromatic carbocycles. The van der Waals surface area contributed by atoms with Gasteiger partial charge in [0.2, 0.25) is 23.6 Å². The van der Waals surface area contributed by atoms with Crippen molar-refractivity contribution in [2.45, 2.75) is 71.8 Å². The van der Waals surface area contributed by atoms with Crippen LogP contribution in [0.4, 0.5) is 21.1 Å². The van der Waals surface area contributed by atoms with E-state index in [9.17, 15) is 28.8 Å². The predicted octanol–water partition coefficient (Wildman–Crippen LogP) is 2.44. The number of aromatic amines is 1. The van der Waals surface area contributed by atoms with E-state index in [4.69, 9.17) is 45.6 Å². The quantitative estimate of drug-likeness (QED) is 0.0287. The zero-order chi connectivity index (χ0) is 54.1. The van der Waals surface area contributed by atoms with Gasteiger partial charge in [-0.25, -0.2) is 29.3 Å². The molecule has 75 heavy (non-hydrogen) atoms. The smallest absolute Gasteiger partial charge is 0.410 e. The first kappa shape index (κ1) is 58.2. The molecule has 0 radical (unpaired) electrons. The van der Waals surface area contributed by atoms with Crippen LogP contribution >= 0.6 is 0 Å². The first-order valence-corrected chi connectivity index (χ1v) is 24.5. The number of hydrogen-bond donors (Lipinski definition) is 8. The molecule has 5 rings (SSSR count). The van der Waals surface area contributed by atoms with E-state index < -0.39 is 41.9 Å². The van der Waals surface area contributed by atoms with E-state index in [0.29, 0.717) is 92.5 Å². The third kappa shape index (κ3) is 19.9. The maximum atomic E-state index is 13.6. The molecule has 11 N–H and O–H groups in total. The number of urea groups is 1. The Labute approximate surface area is 433 Å². The minimum absolute atomic E-state index is 0.00366. The number of amides is 6. The molecule has 0 spiro atoms. The average molecular weight is 1040 g/mol. The summed E-state index contributed by atoms with van der Waals surface area (Å²) in [4.78, 5) is 93.8. The van der Waals surface area contributed by atoms with Gasteiger partial charge in [-0.2, -0.15) is 0 Å². The highest BCUT2D eigenvalue weighted by atomic mass is 16.6. The number of H-pyrrole nitrogens is 1. The lowest BCUT2D eigenvalue weighted by atomic mass is 10.0. The summed E-state index contributed by atoms with van der Waals surface area (Å²) >= 11 is 0. The van der Waals surface area contributed by atoms with Gasteiger partial charge in [-0.15, -0.1) is 0 Å². The third-order valence-corrected chi connectivity index (χ3v) is 11.1. The molecule has 5 aromatic rings. The number of aromatic nitrogens is 5. The Hall–Kier alpha value is -7.71. The molecule has 406 valence electrons. The van der Waals surface area contributed by atoms with Crippen molar-refractivity contribution >= 4 is 52.5 Å². The van der Waals surface area contributed by atoms with Crippen molar-refractivity contribution in [3.8, 4) is 11.6 Å². The number of pyridine rings is 1. The average Bonchev–Trinajstić information content (AvgIpc) is 3.69. The number of hydrogen-bond acceptors (Lipinski definition) is 17. The number of carbonyl (C=O) groups excluding carboxylic acids is 5. The Morgan fingerprint density at radius 3 is 2.07 bits per heavy atom. The fourth-order valence-corrected chi connectivity index (χ4v) is 7.19. The summed E-state index contributed by atoms with van der Waals surface area (Å²) in [5.74, 6) is -0.322. The van der Waals surface area contributed by atoms with Crippen molar-refractivity contribution in [3.05, 3.63) is 99.9 Å². The lowest BCUT2D eigenvalue weighted by Crippen LogP contribution is -2.54. The number of aryl methyl sites for hydroxylation is 1. The highest BCUT2D eigenvalue weighted by molar-refractivity contribution is 5.98. The van der Waals surface area contributed by atoms with Crippen LogP contribution < -0.4 is 48.9 Å². The fraction of sp³-hybridized carbons (Fsp3) is 0.460. The topological polar surface area (TPSA) is 347 Å². The van der Waals surface area contributed by atoms with Crippen molar-refractivity contribution < 1.29 is 52.4 Å². The number of imidazole rings is 1. The van der Waals surface area contributed by atoms with Crippen LogP contribution in [0.5, 0.6) is 11.6 Å². The molecule has 0 aliphatic carbocycles. The Morgan fingerprint density at radius 2 is 1.44 bits per heavy atom. The van der Waals surface area contributed by atoms with Crippen LogP contribution in [0.2, 0.25) is 0 Å². The molecular formula is C50H69N13O12. The van der Waals surface area contributed by atoms with Gasteiger partial charge in [-0.05, 0) is 66.6 Å². The number of anilines is 2. The summed E-state index contributed by atoms with van der Waals surface area (Å²) in [5, 5.41) is 10.8. The van der Waals surface area contributed by atoms with Crippen molar-refractivity contribution in [2.75, 3.05) is 84.0 Å². The molecule has 25 nitrogen and oxygen atoms in total. The molecule has 3 aromatic heterocycles. The highest BCUT2D eigenvalue weighted by Gasteiger charge is 2.29. The van der Waals surface area contributed by atoms with Crippen LogP contribution in [0.3, 0.4) is 0 Å². The van der Waals surface area contributed by atoms with Gasteiger partial charge in [0.15, 0.2) is 11.5 Å². The second-order valence-corrected chi connectivity index (χ2v) is 17.5. The van der Waals surface area contributed by atoms with Gasteiger partial charge in [-0.3, -0.25) is 19.0 Å². The summed E-state index contributed by atoms with van der Waals surface area (Å²) in [6.07, 6.45) is 1.48. The van der Waals surface area contributed by atoms with E-state index >= 15 is 0 Å². The molecule has 2 atom stereocenters. The lowest BCUT2D eigenvalue weighted by Gasteiger charge is -2.25. The summed E-state index contributed by atoms with van der Waals surface area (Å²) in [7, 11) is 1.61. The van der Waals surface area contributed by atoms with Gasteiger partial charge in [0.25, 0.3) is 0 Å². The first-order chi connectivity index (χ1) is 36.1. The van der Waals surface area contributed by atoms with Gasteiger partial charge >= 0.3 is 17.8 Å². The first-order valence-electron chi connectivity index (χ1n) is 24.5. The van der Waals surface area contributed by atoms with E-state index in [0.717, 1.165) is 11.1 Å². The number of rotatable bonds is 32. The van der Waals surface area contributed by atoms with Gasteiger partial charge in [0.05, 0.1) is 59.4 Å². The number of fused-ring (bicyclic) bond motifs is 1. The van der Waals surface area contributed by atoms with Crippen LogP contribution in [0.15, 0.2) is 71.7 Å². The molecule has 0 unspecified atom stereocenters. The van der Waals surface area contributed by atoms with Crippen LogP contribution in [-0.2, 0) is 57.8 Å². The second kappa shape index (κ2) is 30.5. The molecule has 0 saturated heterocycles. The van der Waals surface area contributed by atoms with Crippen LogP contribution in [-0.4, -0.2) is 144 Å². The van der Waals surface area contributed by atoms with Crippen molar-refractivity contribution in [3.63, 3.8) is 0 Å². The SMILES string of the molecule is Cc1nc(N)c2[nH]c(=O)n(Cc3ccc(Oc4ccc(CN(C)C(=O)OCc5ccc(NC(=O)[C@H](CCCNC(N)=O)NC(=O)[C@@H](NC(=O)CCOCCOCCOCCOCCN)C(C)C)cc5)cc4)nc3)c2n1. The number of primary amides is 1. The Bertz CT molecular complexity index is 2670. The highest BCUT2D eigenvalue weighted by Crippen LogP contribution is 2.22. The van der Waals surface area contributed by atoms with Crippen molar-refractivity contribution in [1.29, 1.82) is 0 Å². The zero-order valence-electron chi connectivity index (χ0n) is 42.8. The van der Waals surface area contributed by atoms with Gasteiger partial charge in [0.1, 0.15) is 35.8 Å². The number of benzene rings is 2. The fourth-order valence-electron chi connectivity index (χ4n) is 7.19. The second-order valence-electron chi connectivity index (χ2n) is 17.5. The minimum atomic E-state index is -1.04. The number of nitrogens with zero attached hydrogens (tertiary/aromatic N) is 5. The van der Waals surface area contributed by atoms with E-state index in [1.54, 1.807) is 82.5 Å². The number of nitrogens with one attached hydrogen (secondary N) is 5. The van der Waals surface area contributed by atoms with Crippen molar-refractivity contribution in [1.82, 2.24) is 45.4 Å². The minimum Gasteiger partial charge on any atom is -0.445 e. The van der Waals surface area contributed by atoms with Crippen LogP contribution in [0.1, 0.15) is 55.6 Å². The Kier molecular flexibility index (Phi) is 23.6. The summed E-state index contributed by atoms with van der Waals surface area (Å²) in [6, 6.07) is 14.5. The molecule has 0 aliphatic rings. The molecule has 3 heterocycles. The van der Waals surface area contributed by atoms with Crippen LogP contribution in [0.25, 0.3) is 11.2 Å². The molecule has 0 fully saturated rings. The number of ether oxygens (including phenoxy) is 6. The summed E-state index contributed by atoms with van der Waals surface area (Å²) in [5.41, 5.74) is 19.6. The number of nitrogens with two attached hydrogens (primary N) is 3. The van der Waals surface area contributed by atoms with E-state index in [1.165, 1.54) is 9.47 Å². The molecule has 6 amide bonds. The number of nitrogen functional groups attached to an aromatic ring is 1. The predicted molar refractivity (Wildman–Crippen MR) is 276 cm³/mol. The molecule has 0 saturated carbocycles. The molecule has 0 aliphatic heterocycles. The van der Waals surface area contributed by atoms with Gasteiger partial charge in [-0.1, -0.05) is 44.2 Å². The third-order valence-electron chi connectivity index (χ3n) is 11.1. The Morgan fingerprint density at radius 1 is 0.800 bits per heavy atom. The normalized spacial score (nSPS) is 12.0. The molecule has 25 heteroatoms.